The zero-order valence-electron chi connectivity index (χ0n) is 19.2. The van der Waals surface area contributed by atoms with E-state index in [1.807, 2.05) is 6.07 Å². The molecule has 6 nitrogen and oxygen atoms in total. The highest BCUT2D eigenvalue weighted by Crippen LogP contribution is 2.43. The van der Waals surface area contributed by atoms with Crippen molar-refractivity contribution < 1.29 is 22.1 Å². The molecule has 4 aromatic heterocycles. The van der Waals surface area contributed by atoms with Crippen molar-refractivity contribution in [3.05, 3.63) is 42.3 Å². The van der Waals surface area contributed by atoms with E-state index in [0.29, 0.717) is 43.9 Å². The van der Waals surface area contributed by atoms with E-state index in [2.05, 4.69) is 15.2 Å². The lowest BCUT2D eigenvalue weighted by Crippen LogP contribution is -2.45. The summed E-state index contributed by atoms with van der Waals surface area (Å²) < 4.78 is 61.4. The van der Waals surface area contributed by atoms with Crippen molar-refractivity contribution in [1.82, 2.24) is 24.5 Å². The molecule has 0 aromatic carbocycles. The van der Waals surface area contributed by atoms with Crippen molar-refractivity contribution >= 4 is 26.7 Å². The minimum atomic E-state index is -2.80. The number of hydrogen-bond donors (Lipinski definition) is 0. The first-order valence-corrected chi connectivity index (χ1v) is 11.2. The maximum Gasteiger partial charge on any atom is 0.333 e. The molecule has 1 fully saturated rings. The highest BCUT2D eigenvalue weighted by molar-refractivity contribution is 6.38. The lowest BCUT2D eigenvalue weighted by atomic mass is 9.52. The molecule has 0 saturated heterocycles. The Morgan fingerprint density at radius 1 is 1.11 bits per heavy atom. The molecule has 4 radical (unpaired) electrons. The summed E-state index contributed by atoms with van der Waals surface area (Å²) in [5.41, 5.74) is 4.03. The Morgan fingerprint density at radius 3 is 2.43 bits per heavy atom. The minimum absolute atomic E-state index is 0.148. The molecule has 0 unspecified atom stereocenters. The summed E-state index contributed by atoms with van der Waals surface area (Å²) in [4.78, 5) is 4.61. The fourth-order valence-electron chi connectivity index (χ4n) is 4.95. The predicted molar refractivity (Wildman–Crippen MR) is 124 cm³/mol. The fourth-order valence-corrected chi connectivity index (χ4v) is 4.95. The van der Waals surface area contributed by atoms with Gasteiger partial charge in [0.05, 0.1) is 38.6 Å². The number of nitrogens with zero attached hydrogens (tertiary/aromatic N) is 5. The maximum atomic E-state index is 13.8. The number of rotatable bonds is 5. The lowest BCUT2D eigenvalue weighted by molar-refractivity contribution is -0.0498. The molecule has 0 amide bonds. The Hall–Kier alpha value is -3.04. The van der Waals surface area contributed by atoms with E-state index < -0.39 is 23.7 Å². The van der Waals surface area contributed by atoms with Gasteiger partial charge in [0.25, 0.3) is 0 Å². The molecule has 0 atom stereocenters. The van der Waals surface area contributed by atoms with Gasteiger partial charge in [-0.3, -0.25) is 4.98 Å². The minimum Gasteiger partial charge on any atom is -0.361 e. The van der Waals surface area contributed by atoms with E-state index in [1.165, 1.54) is 12.4 Å². The Bertz CT molecular complexity index is 1360. The summed E-state index contributed by atoms with van der Waals surface area (Å²) in [5, 5.41) is 6.19. The quantitative estimate of drug-likeness (QED) is 0.286. The van der Waals surface area contributed by atoms with Crippen LogP contribution in [0.25, 0.3) is 33.3 Å². The van der Waals surface area contributed by atoms with Gasteiger partial charge in [-0.2, -0.15) is 13.9 Å². The summed E-state index contributed by atoms with van der Waals surface area (Å²) in [7, 11) is 13.3. The molecule has 5 rings (SSSR count). The van der Waals surface area contributed by atoms with Gasteiger partial charge in [0.1, 0.15) is 5.76 Å². The fraction of sp³-hybridized carbons (Fsp3) is 0.435. The Kier molecular flexibility index (Phi) is 5.60. The molecular weight excluding hydrogens is 460 g/mol. The van der Waals surface area contributed by atoms with Gasteiger partial charge in [0, 0.05) is 53.7 Å². The number of aryl methyl sites for hydroxylation is 2. The van der Waals surface area contributed by atoms with Crippen molar-refractivity contribution in [2.45, 2.75) is 57.3 Å². The monoisotopic (exact) mass is 481 g/mol. The SMILES string of the molecule is [B]C([B])(C1CCC(F)(F)CC1)n1cc(-c2cnn(C(F)F)c2)c2ncc(-c3c(C)noc3C)cc21. The topological polar surface area (TPSA) is 61.7 Å². The van der Waals surface area contributed by atoms with Crippen LogP contribution >= 0.6 is 0 Å². The van der Waals surface area contributed by atoms with Gasteiger partial charge in [-0.1, -0.05) is 5.16 Å². The molecule has 0 bridgehead atoms. The van der Waals surface area contributed by atoms with E-state index in [4.69, 9.17) is 20.2 Å². The molecule has 4 heterocycles. The van der Waals surface area contributed by atoms with Crippen LogP contribution in [0.4, 0.5) is 17.6 Å². The van der Waals surface area contributed by atoms with Gasteiger partial charge in [0.2, 0.25) is 5.92 Å². The molecule has 4 aromatic rings. The van der Waals surface area contributed by atoms with E-state index in [-0.39, 0.29) is 25.7 Å². The van der Waals surface area contributed by atoms with Gasteiger partial charge in [-0.05, 0) is 44.0 Å². The normalized spacial score (nSPS) is 17.0. The van der Waals surface area contributed by atoms with Crippen LogP contribution < -0.4 is 0 Å². The van der Waals surface area contributed by atoms with Gasteiger partial charge >= 0.3 is 6.55 Å². The Morgan fingerprint density at radius 2 is 1.83 bits per heavy atom. The third-order valence-electron chi connectivity index (χ3n) is 6.86. The van der Waals surface area contributed by atoms with E-state index >= 15 is 0 Å². The molecule has 35 heavy (non-hydrogen) atoms. The van der Waals surface area contributed by atoms with Crippen molar-refractivity contribution in [1.29, 1.82) is 0 Å². The first-order valence-electron chi connectivity index (χ1n) is 11.2. The summed E-state index contributed by atoms with van der Waals surface area (Å²) >= 11 is 0. The smallest absolute Gasteiger partial charge is 0.333 e. The van der Waals surface area contributed by atoms with Crippen LogP contribution in [0.2, 0.25) is 0 Å². The van der Waals surface area contributed by atoms with Crippen molar-refractivity contribution in [3.8, 4) is 22.3 Å². The largest absolute Gasteiger partial charge is 0.361 e. The van der Waals surface area contributed by atoms with E-state index in [1.54, 1.807) is 30.8 Å². The van der Waals surface area contributed by atoms with E-state index in [0.717, 1.165) is 5.56 Å². The Balaban J connectivity index is 1.68. The third-order valence-corrected chi connectivity index (χ3v) is 6.86. The highest BCUT2D eigenvalue weighted by Gasteiger charge is 2.41. The van der Waals surface area contributed by atoms with Crippen LogP contribution in [0.15, 0.2) is 35.4 Å². The average molecular weight is 481 g/mol. The molecule has 12 heteroatoms. The van der Waals surface area contributed by atoms with Crippen molar-refractivity contribution in [3.63, 3.8) is 0 Å². The summed E-state index contributed by atoms with van der Waals surface area (Å²) in [6, 6.07) is 1.82. The maximum absolute atomic E-state index is 13.8. The van der Waals surface area contributed by atoms with Crippen LogP contribution in [0.1, 0.15) is 43.7 Å². The summed E-state index contributed by atoms with van der Waals surface area (Å²) in [6.45, 7) is 0.779. The second-order valence-electron chi connectivity index (χ2n) is 9.21. The average Bonchev–Trinajstić information content (AvgIpc) is 3.50. The highest BCUT2D eigenvalue weighted by atomic mass is 19.3. The van der Waals surface area contributed by atoms with Crippen LogP contribution in [0, 0.1) is 19.8 Å². The van der Waals surface area contributed by atoms with Crippen LogP contribution in [-0.2, 0) is 5.34 Å². The number of alkyl halides is 4. The number of fused-ring (bicyclic) bond motifs is 1. The van der Waals surface area contributed by atoms with Crippen molar-refractivity contribution in [2.24, 2.45) is 5.92 Å². The first kappa shape index (κ1) is 23.7. The predicted octanol–water partition coefficient (Wildman–Crippen LogP) is 5.34. The molecule has 0 aliphatic heterocycles. The first-order chi connectivity index (χ1) is 16.5. The van der Waals surface area contributed by atoms with Gasteiger partial charge < -0.3 is 9.09 Å². The molecule has 1 aliphatic carbocycles. The molecular formula is C23H21B2F4N5O. The second kappa shape index (κ2) is 8.27. The van der Waals surface area contributed by atoms with Gasteiger partial charge in [-0.15, -0.1) is 0 Å². The van der Waals surface area contributed by atoms with Gasteiger partial charge in [0.15, 0.2) is 0 Å². The number of hydrogen-bond acceptors (Lipinski definition) is 4. The lowest BCUT2D eigenvalue weighted by Gasteiger charge is -2.42. The zero-order chi connectivity index (χ0) is 25.1. The number of aromatic nitrogens is 5. The summed E-state index contributed by atoms with van der Waals surface area (Å²) in [5.74, 6) is -2.57. The van der Waals surface area contributed by atoms with Gasteiger partial charge in [-0.25, -0.2) is 13.5 Å². The van der Waals surface area contributed by atoms with Crippen LogP contribution in [-0.4, -0.2) is 46.1 Å². The number of halogens is 4. The standard InChI is InChI=1S/C23H21B2F4N5O/c1-12-19(13(2)35-32-12)14-7-18-20(30-8-14)17(15-9-31-34(10-15)21(26)27)11-33(18)23(24,25)16-3-5-22(28,29)6-4-16/h7-11,16,21H,3-6H2,1-2H3. The molecule has 0 N–H and O–H groups in total. The molecule has 1 saturated carbocycles. The summed E-state index contributed by atoms with van der Waals surface area (Å²) in [6.07, 6.45) is 5.48. The molecule has 1 aliphatic rings. The molecule has 178 valence electrons. The third kappa shape index (κ3) is 4.06. The zero-order valence-corrected chi connectivity index (χ0v) is 19.2. The number of pyridine rings is 1. The molecule has 0 spiro atoms. The van der Waals surface area contributed by atoms with E-state index in [9.17, 15) is 17.6 Å². The van der Waals surface area contributed by atoms with Crippen molar-refractivity contribution in [2.75, 3.05) is 0 Å². The second-order valence-corrected chi connectivity index (χ2v) is 9.21. The van der Waals surface area contributed by atoms with Crippen LogP contribution in [0.3, 0.4) is 0 Å². The van der Waals surface area contributed by atoms with Crippen LogP contribution in [0.5, 0.6) is 0 Å². The Labute approximate surface area is 201 Å².